The van der Waals surface area contributed by atoms with Gasteiger partial charge in [0.25, 0.3) is 0 Å². The molecule has 0 bridgehead atoms. The average Bonchev–Trinajstić information content (AvgIpc) is 2.68. The number of rotatable bonds is 5. The topological polar surface area (TPSA) is 72.9 Å². The zero-order chi connectivity index (χ0) is 18.4. The molecule has 3 rings (SSSR count). The Hall–Kier alpha value is -2.08. The largest absolute Gasteiger partial charge is 0.481 e. The van der Waals surface area contributed by atoms with E-state index < -0.39 is 11.9 Å². The van der Waals surface area contributed by atoms with Crippen LogP contribution in [0.5, 0.6) is 0 Å². The molecule has 1 aromatic carbocycles. The third-order valence-corrected chi connectivity index (χ3v) is 5.38. The molecule has 2 aliphatic rings. The first-order chi connectivity index (χ1) is 12.6. The van der Waals surface area contributed by atoms with Crippen LogP contribution in [0.25, 0.3) is 0 Å². The van der Waals surface area contributed by atoms with Crippen molar-refractivity contribution in [3.05, 3.63) is 35.4 Å². The standard InChI is InChI=1S/C20H29N3O3/c24-19(25)18-5-4-12-23(15-18)20(26)21-13-16-6-8-17(9-7-16)14-22-10-2-1-3-11-22/h6-9,18H,1-5,10-15H2,(H,21,26)(H,24,25). The van der Waals surface area contributed by atoms with Crippen LogP contribution >= 0.6 is 0 Å². The van der Waals surface area contributed by atoms with Gasteiger partial charge in [-0.3, -0.25) is 9.69 Å². The number of nitrogens with one attached hydrogen (secondary N) is 1. The molecular weight excluding hydrogens is 330 g/mol. The predicted molar refractivity (Wildman–Crippen MR) is 99.7 cm³/mol. The summed E-state index contributed by atoms with van der Waals surface area (Å²) in [6, 6.07) is 8.23. The van der Waals surface area contributed by atoms with Gasteiger partial charge in [-0.15, -0.1) is 0 Å². The van der Waals surface area contributed by atoms with Gasteiger partial charge < -0.3 is 15.3 Å². The number of nitrogens with zero attached hydrogens (tertiary/aromatic N) is 2. The Morgan fingerprint density at radius 1 is 1.00 bits per heavy atom. The van der Waals surface area contributed by atoms with Crippen molar-refractivity contribution in [2.24, 2.45) is 5.92 Å². The van der Waals surface area contributed by atoms with Gasteiger partial charge >= 0.3 is 12.0 Å². The fourth-order valence-electron chi connectivity index (χ4n) is 3.79. The number of likely N-dealkylation sites (tertiary alicyclic amines) is 2. The molecule has 2 fully saturated rings. The molecular formula is C20H29N3O3. The predicted octanol–water partition coefficient (Wildman–Crippen LogP) is 2.68. The van der Waals surface area contributed by atoms with E-state index in [1.807, 2.05) is 0 Å². The van der Waals surface area contributed by atoms with E-state index in [1.54, 1.807) is 4.90 Å². The molecule has 1 atom stereocenters. The van der Waals surface area contributed by atoms with E-state index >= 15 is 0 Å². The summed E-state index contributed by atoms with van der Waals surface area (Å²) in [6.07, 6.45) is 5.33. The summed E-state index contributed by atoms with van der Waals surface area (Å²) in [5.74, 6) is -1.25. The van der Waals surface area contributed by atoms with Gasteiger partial charge in [0.15, 0.2) is 0 Å². The van der Waals surface area contributed by atoms with Crippen LogP contribution in [0.4, 0.5) is 4.79 Å². The highest BCUT2D eigenvalue weighted by molar-refractivity contribution is 5.76. The lowest BCUT2D eigenvalue weighted by Crippen LogP contribution is -2.46. The third kappa shape index (κ3) is 5.21. The number of aliphatic carboxylic acids is 1. The van der Waals surface area contributed by atoms with Gasteiger partial charge in [0.05, 0.1) is 5.92 Å². The van der Waals surface area contributed by atoms with Crippen molar-refractivity contribution in [2.45, 2.75) is 45.2 Å². The number of urea groups is 1. The molecule has 0 aliphatic carbocycles. The molecule has 6 heteroatoms. The number of carbonyl (C=O) groups excluding carboxylic acids is 1. The van der Waals surface area contributed by atoms with E-state index in [2.05, 4.69) is 34.5 Å². The number of piperidine rings is 2. The second-order valence-electron chi connectivity index (χ2n) is 7.44. The van der Waals surface area contributed by atoms with Crippen molar-refractivity contribution in [3.8, 4) is 0 Å². The van der Waals surface area contributed by atoms with Crippen molar-refractivity contribution >= 4 is 12.0 Å². The van der Waals surface area contributed by atoms with Crippen LogP contribution in [-0.4, -0.2) is 53.1 Å². The zero-order valence-corrected chi connectivity index (χ0v) is 15.3. The monoisotopic (exact) mass is 359 g/mol. The van der Waals surface area contributed by atoms with Crippen LogP contribution in [-0.2, 0) is 17.9 Å². The Morgan fingerprint density at radius 2 is 1.69 bits per heavy atom. The average molecular weight is 359 g/mol. The number of amides is 2. The van der Waals surface area contributed by atoms with Crippen LogP contribution in [0.1, 0.15) is 43.2 Å². The molecule has 0 radical (unpaired) electrons. The zero-order valence-electron chi connectivity index (χ0n) is 15.3. The Labute approximate surface area is 155 Å². The van der Waals surface area contributed by atoms with Gasteiger partial charge in [0, 0.05) is 26.2 Å². The molecule has 2 aliphatic heterocycles. The van der Waals surface area contributed by atoms with Crippen LogP contribution in [0.15, 0.2) is 24.3 Å². The van der Waals surface area contributed by atoms with Gasteiger partial charge in [-0.05, 0) is 49.9 Å². The lowest BCUT2D eigenvalue weighted by molar-refractivity contribution is -0.143. The first kappa shape index (κ1) is 18.7. The van der Waals surface area contributed by atoms with E-state index in [1.165, 1.54) is 37.9 Å². The minimum atomic E-state index is -0.813. The van der Waals surface area contributed by atoms with Gasteiger partial charge in [-0.25, -0.2) is 4.79 Å². The molecule has 1 unspecified atom stereocenters. The Bertz CT molecular complexity index is 611. The molecule has 2 amide bonds. The molecule has 0 spiro atoms. The van der Waals surface area contributed by atoms with E-state index in [0.717, 1.165) is 18.5 Å². The number of hydrogen-bond acceptors (Lipinski definition) is 3. The van der Waals surface area contributed by atoms with Crippen molar-refractivity contribution in [3.63, 3.8) is 0 Å². The highest BCUT2D eigenvalue weighted by Gasteiger charge is 2.27. The molecule has 2 saturated heterocycles. The second-order valence-corrected chi connectivity index (χ2v) is 7.44. The van der Waals surface area contributed by atoms with E-state index in [9.17, 15) is 9.59 Å². The third-order valence-electron chi connectivity index (χ3n) is 5.38. The summed E-state index contributed by atoms with van der Waals surface area (Å²) in [5.41, 5.74) is 2.37. The van der Waals surface area contributed by atoms with Crippen LogP contribution in [0, 0.1) is 5.92 Å². The fourth-order valence-corrected chi connectivity index (χ4v) is 3.79. The molecule has 0 saturated carbocycles. The number of carboxylic acids is 1. The maximum Gasteiger partial charge on any atom is 0.317 e. The second kappa shape index (κ2) is 9.03. The Balaban J connectivity index is 1.45. The van der Waals surface area contributed by atoms with Gasteiger partial charge in [0.2, 0.25) is 0 Å². The van der Waals surface area contributed by atoms with Crippen molar-refractivity contribution in [2.75, 3.05) is 26.2 Å². The number of carboxylic acid groups (broad SMARTS) is 1. The first-order valence-electron chi connectivity index (χ1n) is 9.67. The quantitative estimate of drug-likeness (QED) is 0.848. The lowest BCUT2D eigenvalue weighted by atomic mass is 9.99. The summed E-state index contributed by atoms with van der Waals surface area (Å²) in [4.78, 5) is 27.5. The van der Waals surface area contributed by atoms with Crippen LogP contribution in [0.3, 0.4) is 0 Å². The Morgan fingerprint density at radius 3 is 2.38 bits per heavy atom. The number of benzene rings is 1. The first-order valence-corrected chi connectivity index (χ1v) is 9.67. The molecule has 26 heavy (non-hydrogen) atoms. The van der Waals surface area contributed by atoms with Gasteiger partial charge in [-0.1, -0.05) is 30.7 Å². The minimum Gasteiger partial charge on any atom is -0.481 e. The Kier molecular flexibility index (Phi) is 6.50. The summed E-state index contributed by atoms with van der Waals surface area (Å²) >= 11 is 0. The summed E-state index contributed by atoms with van der Waals surface area (Å²) in [7, 11) is 0. The molecule has 2 heterocycles. The SMILES string of the molecule is O=C(O)C1CCCN(C(=O)NCc2ccc(CN3CCCCC3)cc2)C1. The van der Waals surface area contributed by atoms with Gasteiger partial charge in [-0.2, -0.15) is 0 Å². The summed E-state index contributed by atoms with van der Waals surface area (Å²) in [5, 5.41) is 12.0. The van der Waals surface area contributed by atoms with Crippen LogP contribution in [0.2, 0.25) is 0 Å². The highest BCUT2D eigenvalue weighted by Crippen LogP contribution is 2.17. The molecule has 2 N–H and O–H groups in total. The van der Waals surface area contributed by atoms with E-state index in [0.29, 0.717) is 26.1 Å². The van der Waals surface area contributed by atoms with Crippen LogP contribution < -0.4 is 5.32 Å². The van der Waals surface area contributed by atoms with E-state index in [4.69, 9.17) is 5.11 Å². The normalized spacial score (nSPS) is 21.4. The molecule has 6 nitrogen and oxygen atoms in total. The number of carbonyl (C=O) groups is 2. The highest BCUT2D eigenvalue weighted by atomic mass is 16.4. The summed E-state index contributed by atoms with van der Waals surface area (Å²) in [6.45, 7) is 4.77. The molecule has 142 valence electrons. The maximum atomic E-state index is 12.3. The number of hydrogen-bond donors (Lipinski definition) is 2. The smallest absolute Gasteiger partial charge is 0.317 e. The van der Waals surface area contributed by atoms with Crippen molar-refractivity contribution in [1.29, 1.82) is 0 Å². The van der Waals surface area contributed by atoms with Crippen molar-refractivity contribution < 1.29 is 14.7 Å². The maximum absolute atomic E-state index is 12.3. The molecule has 0 aromatic heterocycles. The molecule has 1 aromatic rings. The van der Waals surface area contributed by atoms with Crippen molar-refractivity contribution in [1.82, 2.24) is 15.1 Å². The van der Waals surface area contributed by atoms with E-state index in [-0.39, 0.29) is 6.03 Å². The lowest BCUT2D eigenvalue weighted by Gasteiger charge is -2.30. The minimum absolute atomic E-state index is 0.173. The fraction of sp³-hybridized carbons (Fsp3) is 0.600. The van der Waals surface area contributed by atoms with Gasteiger partial charge in [0.1, 0.15) is 0 Å². The summed E-state index contributed by atoms with van der Waals surface area (Å²) < 4.78 is 0.